The number of nitrogens with zero attached hydrogens (tertiary/aromatic N) is 2. The molecule has 1 N–H and O–H groups in total. The van der Waals surface area contributed by atoms with Crippen LogP contribution in [-0.2, 0) is 0 Å². The second-order valence-corrected chi connectivity index (χ2v) is 7.02. The molecule has 2 heterocycles. The Bertz CT molecular complexity index is 248. The number of hydrogen-bond donors (Lipinski definition) is 1. The van der Waals surface area contributed by atoms with Crippen LogP contribution >= 0.6 is 0 Å². The lowest BCUT2D eigenvalue weighted by Gasteiger charge is -2.41. The number of nitrogens with one attached hydrogen (secondary N) is 1. The second kappa shape index (κ2) is 7.61. The van der Waals surface area contributed by atoms with Crippen LogP contribution in [-0.4, -0.2) is 61.7 Å². The van der Waals surface area contributed by atoms with E-state index in [0.717, 1.165) is 17.9 Å². The molecule has 0 spiro atoms. The summed E-state index contributed by atoms with van der Waals surface area (Å²) >= 11 is 0. The monoisotopic (exact) mass is 267 g/mol. The third-order valence-corrected chi connectivity index (χ3v) is 4.76. The van der Waals surface area contributed by atoms with Gasteiger partial charge in [0.15, 0.2) is 0 Å². The molecule has 2 aliphatic rings. The molecule has 3 heteroatoms. The van der Waals surface area contributed by atoms with Crippen molar-refractivity contribution < 1.29 is 0 Å². The van der Waals surface area contributed by atoms with Gasteiger partial charge in [-0.25, -0.2) is 0 Å². The first-order chi connectivity index (χ1) is 9.15. The molecule has 2 fully saturated rings. The van der Waals surface area contributed by atoms with Gasteiger partial charge in [0.2, 0.25) is 0 Å². The van der Waals surface area contributed by atoms with Crippen molar-refractivity contribution in [3.63, 3.8) is 0 Å². The summed E-state index contributed by atoms with van der Waals surface area (Å²) in [5.41, 5.74) is 0. The maximum Gasteiger partial charge on any atom is 0.0195 e. The molecule has 2 aliphatic heterocycles. The van der Waals surface area contributed by atoms with Crippen LogP contribution in [0.15, 0.2) is 0 Å². The summed E-state index contributed by atoms with van der Waals surface area (Å²) in [6.45, 7) is 16.0. The van der Waals surface area contributed by atoms with E-state index < -0.39 is 0 Å². The van der Waals surface area contributed by atoms with E-state index in [1.807, 2.05) is 0 Å². The molecular weight excluding hydrogens is 234 g/mol. The molecule has 0 saturated carbocycles. The lowest BCUT2D eigenvalue weighted by atomic mass is 9.94. The van der Waals surface area contributed by atoms with Gasteiger partial charge in [-0.3, -0.25) is 4.90 Å². The molecule has 0 aromatic carbocycles. The predicted octanol–water partition coefficient (Wildman–Crippen LogP) is 2.04. The van der Waals surface area contributed by atoms with Crippen LogP contribution in [0.2, 0.25) is 0 Å². The van der Waals surface area contributed by atoms with Crippen LogP contribution in [0.5, 0.6) is 0 Å². The maximum atomic E-state index is 3.47. The van der Waals surface area contributed by atoms with Crippen molar-refractivity contribution in [3.8, 4) is 0 Å². The van der Waals surface area contributed by atoms with Gasteiger partial charge in [-0.05, 0) is 57.7 Å². The first-order valence-electron chi connectivity index (χ1n) is 8.32. The standard InChI is InChI=1S/C16H33N3/c1-14(2)12-18-10-11-19(15(3)13-18)9-6-16-4-7-17-8-5-16/h14-17H,4-13H2,1-3H3. The molecule has 0 radical (unpaired) electrons. The second-order valence-electron chi connectivity index (χ2n) is 7.02. The van der Waals surface area contributed by atoms with Crippen LogP contribution < -0.4 is 5.32 Å². The predicted molar refractivity (Wildman–Crippen MR) is 82.5 cm³/mol. The average Bonchev–Trinajstić information content (AvgIpc) is 2.38. The molecule has 3 nitrogen and oxygen atoms in total. The lowest BCUT2D eigenvalue weighted by Crippen LogP contribution is -2.52. The molecule has 1 unspecified atom stereocenters. The molecule has 0 aliphatic carbocycles. The van der Waals surface area contributed by atoms with Crippen LogP contribution in [0, 0.1) is 11.8 Å². The minimum Gasteiger partial charge on any atom is -0.317 e. The molecule has 0 amide bonds. The highest BCUT2D eigenvalue weighted by atomic mass is 15.3. The van der Waals surface area contributed by atoms with Crippen LogP contribution in [0.4, 0.5) is 0 Å². The zero-order valence-corrected chi connectivity index (χ0v) is 13.2. The van der Waals surface area contributed by atoms with E-state index >= 15 is 0 Å². The Hall–Kier alpha value is -0.120. The van der Waals surface area contributed by atoms with E-state index in [0.29, 0.717) is 0 Å². The quantitative estimate of drug-likeness (QED) is 0.822. The van der Waals surface area contributed by atoms with Crippen molar-refractivity contribution in [2.24, 2.45) is 11.8 Å². The molecule has 112 valence electrons. The smallest absolute Gasteiger partial charge is 0.0195 e. The SMILES string of the molecule is CC(C)CN1CCN(CCC2CCNCC2)C(C)C1. The Kier molecular flexibility index (Phi) is 6.11. The minimum absolute atomic E-state index is 0.745. The Morgan fingerprint density at radius 2 is 1.89 bits per heavy atom. The third kappa shape index (κ3) is 5.05. The van der Waals surface area contributed by atoms with Gasteiger partial charge in [0.1, 0.15) is 0 Å². The summed E-state index contributed by atoms with van der Waals surface area (Å²) in [5.74, 6) is 1.77. The number of piperidine rings is 1. The van der Waals surface area contributed by atoms with E-state index in [4.69, 9.17) is 0 Å². The molecule has 1 atom stereocenters. The molecule has 0 aromatic rings. The Labute approximate surface area is 119 Å². The summed E-state index contributed by atoms with van der Waals surface area (Å²) in [5, 5.41) is 3.47. The van der Waals surface area contributed by atoms with Gasteiger partial charge in [0.05, 0.1) is 0 Å². The fourth-order valence-electron chi connectivity index (χ4n) is 3.60. The number of hydrogen-bond acceptors (Lipinski definition) is 3. The van der Waals surface area contributed by atoms with Gasteiger partial charge < -0.3 is 10.2 Å². The molecular formula is C16H33N3. The molecule has 19 heavy (non-hydrogen) atoms. The third-order valence-electron chi connectivity index (χ3n) is 4.76. The van der Waals surface area contributed by atoms with Gasteiger partial charge in [-0.15, -0.1) is 0 Å². The van der Waals surface area contributed by atoms with Gasteiger partial charge in [0.25, 0.3) is 0 Å². The highest BCUT2D eigenvalue weighted by Gasteiger charge is 2.24. The number of rotatable bonds is 5. The zero-order valence-electron chi connectivity index (χ0n) is 13.2. The summed E-state index contributed by atoms with van der Waals surface area (Å²) in [6.07, 6.45) is 4.19. The van der Waals surface area contributed by atoms with Crippen LogP contribution in [0.1, 0.15) is 40.0 Å². The van der Waals surface area contributed by atoms with Crippen LogP contribution in [0.25, 0.3) is 0 Å². The maximum absolute atomic E-state index is 3.47. The zero-order chi connectivity index (χ0) is 13.7. The Morgan fingerprint density at radius 1 is 1.16 bits per heavy atom. The van der Waals surface area contributed by atoms with E-state index in [9.17, 15) is 0 Å². The van der Waals surface area contributed by atoms with E-state index in [1.54, 1.807) is 0 Å². The normalized spacial score (nSPS) is 28.1. The van der Waals surface area contributed by atoms with Crippen LogP contribution in [0.3, 0.4) is 0 Å². The summed E-state index contributed by atoms with van der Waals surface area (Å²) in [7, 11) is 0. The fraction of sp³-hybridized carbons (Fsp3) is 1.00. The Balaban J connectivity index is 1.67. The van der Waals surface area contributed by atoms with Gasteiger partial charge in [0, 0.05) is 32.2 Å². The lowest BCUT2D eigenvalue weighted by molar-refractivity contribution is 0.0705. The van der Waals surface area contributed by atoms with Gasteiger partial charge in [-0.2, -0.15) is 0 Å². The molecule has 0 bridgehead atoms. The molecule has 2 rings (SSSR count). The van der Waals surface area contributed by atoms with E-state index in [1.165, 1.54) is 65.1 Å². The molecule has 2 saturated heterocycles. The highest BCUT2D eigenvalue weighted by Crippen LogP contribution is 2.18. The van der Waals surface area contributed by atoms with Crippen molar-refractivity contribution in [3.05, 3.63) is 0 Å². The largest absolute Gasteiger partial charge is 0.317 e. The van der Waals surface area contributed by atoms with Crippen molar-refractivity contribution in [1.82, 2.24) is 15.1 Å². The van der Waals surface area contributed by atoms with Crippen molar-refractivity contribution >= 4 is 0 Å². The highest BCUT2D eigenvalue weighted by molar-refractivity contribution is 4.80. The summed E-state index contributed by atoms with van der Waals surface area (Å²) in [4.78, 5) is 5.37. The van der Waals surface area contributed by atoms with Crippen molar-refractivity contribution in [2.75, 3.05) is 45.8 Å². The topological polar surface area (TPSA) is 18.5 Å². The van der Waals surface area contributed by atoms with E-state index in [2.05, 4.69) is 35.9 Å². The first kappa shape index (κ1) is 15.3. The Morgan fingerprint density at radius 3 is 2.53 bits per heavy atom. The van der Waals surface area contributed by atoms with Crippen molar-refractivity contribution in [2.45, 2.75) is 46.1 Å². The summed E-state index contributed by atoms with van der Waals surface area (Å²) < 4.78 is 0. The average molecular weight is 267 g/mol. The first-order valence-corrected chi connectivity index (χ1v) is 8.32. The van der Waals surface area contributed by atoms with E-state index in [-0.39, 0.29) is 0 Å². The van der Waals surface area contributed by atoms with Gasteiger partial charge >= 0.3 is 0 Å². The minimum atomic E-state index is 0.745. The summed E-state index contributed by atoms with van der Waals surface area (Å²) in [6, 6.07) is 0.745. The fourth-order valence-corrected chi connectivity index (χ4v) is 3.60. The number of piperazine rings is 1. The van der Waals surface area contributed by atoms with Crippen molar-refractivity contribution in [1.29, 1.82) is 0 Å². The van der Waals surface area contributed by atoms with Gasteiger partial charge in [-0.1, -0.05) is 13.8 Å². The molecule has 0 aromatic heterocycles.